The summed E-state index contributed by atoms with van der Waals surface area (Å²) in [6.07, 6.45) is 2.97. The van der Waals surface area contributed by atoms with E-state index in [0.717, 1.165) is 12.8 Å². The molecule has 0 spiro atoms. The quantitative estimate of drug-likeness (QED) is 0.380. The average Bonchev–Trinajstić information content (AvgIpc) is 2.83. The first kappa shape index (κ1) is 23.6. The van der Waals surface area contributed by atoms with E-state index < -0.39 is 11.5 Å². The molecule has 1 heterocycles. The fourth-order valence-electron chi connectivity index (χ4n) is 3.53. The minimum Gasteiger partial charge on any atom is -0.506 e. The van der Waals surface area contributed by atoms with E-state index in [2.05, 4.69) is 10.5 Å². The third kappa shape index (κ3) is 4.77. The maximum Gasteiger partial charge on any atom is 0.280 e. The van der Waals surface area contributed by atoms with Crippen LogP contribution in [-0.4, -0.2) is 43.1 Å². The van der Waals surface area contributed by atoms with Crippen molar-refractivity contribution in [2.75, 3.05) is 21.3 Å². The number of hydrogen-bond acceptors (Lipinski definition) is 7. The van der Waals surface area contributed by atoms with E-state index in [0.29, 0.717) is 40.3 Å². The second-order valence-electron chi connectivity index (χ2n) is 7.20. The number of methoxy groups -OCH3 is 3. The SMILES string of the molecule is CCCCn1c(=O)c(C(=O)NN=Cc2cc(OC)cc(OC)c2OC)c(O)c2ccccc21. The number of para-hydroxylation sites is 1. The summed E-state index contributed by atoms with van der Waals surface area (Å²) in [5, 5.41) is 15.1. The lowest BCUT2D eigenvalue weighted by molar-refractivity contribution is 0.0950. The van der Waals surface area contributed by atoms with Gasteiger partial charge in [0.25, 0.3) is 11.5 Å². The van der Waals surface area contributed by atoms with E-state index in [9.17, 15) is 14.7 Å². The molecule has 0 aliphatic carbocycles. The van der Waals surface area contributed by atoms with Crippen LogP contribution in [0.3, 0.4) is 0 Å². The minimum atomic E-state index is -0.821. The Morgan fingerprint density at radius 1 is 1.15 bits per heavy atom. The summed E-state index contributed by atoms with van der Waals surface area (Å²) in [4.78, 5) is 26.0. The maximum absolute atomic E-state index is 13.1. The minimum absolute atomic E-state index is 0.364. The molecule has 174 valence electrons. The first-order chi connectivity index (χ1) is 16.0. The number of benzene rings is 2. The zero-order valence-electron chi connectivity index (χ0n) is 19.0. The molecule has 0 saturated heterocycles. The van der Waals surface area contributed by atoms with Crippen molar-refractivity contribution in [2.45, 2.75) is 26.3 Å². The van der Waals surface area contributed by atoms with Crippen molar-refractivity contribution < 1.29 is 24.1 Å². The second-order valence-corrected chi connectivity index (χ2v) is 7.20. The highest BCUT2D eigenvalue weighted by atomic mass is 16.5. The number of nitrogens with zero attached hydrogens (tertiary/aromatic N) is 2. The van der Waals surface area contributed by atoms with Crippen LogP contribution >= 0.6 is 0 Å². The Morgan fingerprint density at radius 2 is 1.91 bits per heavy atom. The van der Waals surface area contributed by atoms with Gasteiger partial charge in [0.2, 0.25) is 0 Å². The molecule has 9 nitrogen and oxygen atoms in total. The van der Waals surface area contributed by atoms with Crippen LogP contribution in [0.4, 0.5) is 0 Å². The van der Waals surface area contributed by atoms with Gasteiger partial charge in [-0.3, -0.25) is 9.59 Å². The monoisotopic (exact) mass is 453 g/mol. The highest BCUT2D eigenvalue weighted by Crippen LogP contribution is 2.34. The molecule has 9 heteroatoms. The van der Waals surface area contributed by atoms with E-state index >= 15 is 0 Å². The van der Waals surface area contributed by atoms with Crippen molar-refractivity contribution in [3.8, 4) is 23.0 Å². The lowest BCUT2D eigenvalue weighted by Gasteiger charge is -2.14. The molecule has 3 aromatic rings. The van der Waals surface area contributed by atoms with Crippen molar-refractivity contribution in [3.63, 3.8) is 0 Å². The first-order valence-corrected chi connectivity index (χ1v) is 10.4. The van der Waals surface area contributed by atoms with Gasteiger partial charge < -0.3 is 23.9 Å². The Balaban J connectivity index is 1.98. The number of pyridine rings is 1. The van der Waals surface area contributed by atoms with Crippen LogP contribution in [0.2, 0.25) is 0 Å². The van der Waals surface area contributed by atoms with Crippen LogP contribution in [0.5, 0.6) is 23.0 Å². The van der Waals surface area contributed by atoms with Gasteiger partial charge in [0, 0.05) is 23.6 Å². The highest BCUT2D eigenvalue weighted by Gasteiger charge is 2.22. The molecular formula is C24H27N3O6. The molecular weight excluding hydrogens is 426 g/mol. The molecule has 2 aromatic carbocycles. The number of ether oxygens (including phenoxy) is 3. The number of carbonyl (C=O) groups is 1. The molecule has 33 heavy (non-hydrogen) atoms. The van der Waals surface area contributed by atoms with Crippen LogP contribution in [-0.2, 0) is 6.54 Å². The fraction of sp³-hybridized carbons (Fsp3) is 0.292. The topological polar surface area (TPSA) is 111 Å². The summed E-state index contributed by atoms with van der Waals surface area (Å²) < 4.78 is 17.4. The zero-order chi connectivity index (χ0) is 24.0. The van der Waals surface area contributed by atoms with E-state index in [1.165, 1.54) is 32.1 Å². The molecule has 1 aromatic heterocycles. The standard InChI is InChI=1S/C24H27N3O6/c1-5-6-11-27-18-10-8-7-9-17(18)21(28)20(24(27)30)23(29)26-25-14-15-12-16(31-2)13-19(32-3)22(15)33-4/h7-10,12-14,28H,5-6,11H2,1-4H3,(H,26,29). The van der Waals surface area contributed by atoms with Crippen molar-refractivity contribution in [1.82, 2.24) is 9.99 Å². The van der Waals surface area contributed by atoms with E-state index in [1.807, 2.05) is 6.92 Å². The number of amides is 1. The van der Waals surface area contributed by atoms with Gasteiger partial charge in [0.05, 0.1) is 33.1 Å². The Labute approximate surface area is 191 Å². The third-order valence-corrected chi connectivity index (χ3v) is 5.19. The summed E-state index contributed by atoms with van der Waals surface area (Å²) in [6.45, 7) is 2.44. The highest BCUT2D eigenvalue weighted by molar-refractivity contribution is 6.02. The van der Waals surface area contributed by atoms with Gasteiger partial charge in [0.15, 0.2) is 11.5 Å². The number of fused-ring (bicyclic) bond motifs is 1. The number of hydrazone groups is 1. The molecule has 0 aliphatic rings. The van der Waals surface area contributed by atoms with Gasteiger partial charge in [-0.15, -0.1) is 0 Å². The van der Waals surface area contributed by atoms with Crippen LogP contribution in [0, 0.1) is 0 Å². The second kappa shape index (κ2) is 10.5. The van der Waals surface area contributed by atoms with Crippen molar-refractivity contribution >= 4 is 23.0 Å². The first-order valence-electron chi connectivity index (χ1n) is 10.4. The number of rotatable bonds is 9. The summed E-state index contributed by atoms with van der Waals surface area (Å²) in [5.74, 6) is 0.129. The van der Waals surface area contributed by atoms with Crippen molar-refractivity contribution in [1.29, 1.82) is 0 Å². The Bertz CT molecular complexity index is 1250. The predicted octanol–water partition coefficient (Wildman–Crippen LogP) is 3.30. The van der Waals surface area contributed by atoms with Gasteiger partial charge in [-0.1, -0.05) is 25.5 Å². The number of nitrogens with one attached hydrogen (secondary N) is 1. The molecule has 3 rings (SSSR count). The normalized spacial score (nSPS) is 11.0. The number of aryl methyl sites for hydroxylation is 1. The molecule has 1 amide bonds. The number of carbonyl (C=O) groups excluding carboxylic acids is 1. The molecule has 0 unspecified atom stereocenters. The fourth-order valence-corrected chi connectivity index (χ4v) is 3.53. The predicted molar refractivity (Wildman–Crippen MR) is 126 cm³/mol. The zero-order valence-corrected chi connectivity index (χ0v) is 19.0. The smallest absolute Gasteiger partial charge is 0.280 e. The van der Waals surface area contributed by atoms with E-state index in [4.69, 9.17) is 14.2 Å². The Morgan fingerprint density at radius 3 is 2.58 bits per heavy atom. The summed E-state index contributed by atoms with van der Waals surface area (Å²) in [6, 6.07) is 10.2. The van der Waals surface area contributed by atoms with Crippen LogP contribution in [0.1, 0.15) is 35.7 Å². The number of aromatic hydroxyl groups is 1. The Hall–Kier alpha value is -4.01. The molecule has 0 radical (unpaired) electrons. The molecule has 0 saturated carbocycles. The summed E-state index contributed by atoms with van der Waals surface area (Å²) >= 11 is 0. The Kier molecular flexibility index (Phi) is 7.55. The van der Waals surface area contributed by atoms with Gasteiger partial charge in [-0.2, -0.15) is 5.10 Å². The van der Waals surface area contributed by atoms with Crippen molar-refractivity contribution in [2.24, 2.45) is 5.10 Å². The number of aromatic nitrogens is 1. The van der Waals surface area contributed by atoms with Gasteiger partial charge in [0.1, 0.15) is 17.1 Å². The number of hydrogen-bond donors (Lipinski definition) is 2. The molecule has 0 atom stereocenters. The largest absolute Gasteiger partial charge is 0.506 e. The van der Waals surface area contributed by atoms with Gasteiger partial charge >= 0.3 is 0 Å². The lowest BCUT2D eigenvalue weighted by atomic mass is 10.1. The lowest BCUT2D eigenvalue weighted by Crippen LogP contribution is -2.31. The third-order valence-electron chi connectivity index (χ3n) is 5.19. The van der Waals surface area contributed by atoms with Crippen LogP contribution in [0.15, 0.2) is 46.3 Å². The van der Waals surface area contributed by atoms with Gasteiger partial charge in [-0.05, 0) is 24.6 Å². The van der Waals surface area contributed by atoms with E-state index in [-0.39, 0.29) is 11.3 Å². The maximum atomic E-state index is 13.1. The molecule has 0 fully saturated rings. The number of unbranched alkanes of at least 4 members (excludes halogenated alkanes) is 1. The van der Waals surface area contributed by atoms with Crippen molar-refractivity contribution in [3.05, 3.63) is 57.9 Å². The molecule has 0 aliphatic heterocycles. The van der Waals surface area contributed by atoms with Crippen LogP contribution in [0.25, 0.3) is 10.9 Å². The average molecular weight is 453 g/mol. The summed E-state index contributed by atoms with van der Waals surface area (Å²) in [5.41, 5.74) is 2.44. The van der Waals surface area contributed by atoms with Crippen LogP contribution < -0.4 is 25.2 Å². The van der Waals surface area contributed by atoms with E-state index in [1.54, 1.807) is 36.4 Å². The molecule has 0 bridgehead atoms. The molecule has 2 N–H and O–H groups in total. The van der Waals surface area contributed by atoms with Gasteiger partial charge in [-0.25, -0.2) is 5.43 Å². The summed E-state index contributed by atoms with van der Waals surface area (Å²) in [7, 11) is 4.48.